The first-order chi connectivity index (χ1) is 10.3. The molecule has 0 spiro atoms. The van der Waals surface area contributed by atoms with E-state index in [0.29, 0.717) is 11.4 Å². The molecule has 7 nitrogen and oxygen atoms in total. The third-order valence-corrected chi connectivity index (χ3v) is 3.49. The summed E-state index contributed by atoms with van der Waals surface area (Å²) in [6, 6.07) is 3.23. The van der Waals surface area contributed by atoms with Crippen LogP contribution in [0.25, 0.3) is 0 Å². The summed E-state index contributed by atoms with van der Waals surface area (Å²) in [5.41, 5.74) is 1.19. The Balaban J connectivity index is 2.36. The number of nitrogens with one attached hydrogen (secondary N) is 1. The molecular formula is C15H15N3O4. The average Bonchev–Trinajstić information content (AvgIpc) is 2.69. The number of aromatic nitrogens is 2. The van der Waals surface area contributed by atoms with Crippen molar-refractivity contribution in [3.63, 3.8) is 0 Å². The van der Waals surface area contributed by atoms with Crippen LogP contribution in [0.1, 0.15) is 32.1 Å². The van der Waals surface area contributed by atoms with Gasteiger partial charge in [-0.25, -0.2) is 4.79 Å². The first-order valence-corrected chi connectivity index (χ1v) is 6.49. The van der Waals surface area contributed by atoms with E-state index < -0.39 is 17.7 Å². The molecule has 2 aromatic heterocycles. The summed E-state index contributed by atoms with van der Waals surface area (Å²) in [4.78, 5) is 39.5. The summed E-state index contributed by atoms with van der Waals surface area (Å²) in [6.07, 6.45) is 2.96. The topological polar surface area (TPSA) is 101 Å². The van der Waals surface area contributed by atoms with E-state index in [1.54, 1.807) is 32.3 Å². The SMILES string of the molecule is Cc1c(C(=O)O)c(C)n(C)c1C(=O)C(=O)Nc1cccnc1. The number of amides is 1. The fourth-order valence-electron chi connectivity index (χ4n) is 2.35. The smallest absolute Gasteiger partial charge is 0.337 e. The largest absolute Gasteiger partial charge is 0.478 e. The number of nitrogens with zero attached hydrogens (tertiary/aromatic N) is 2. The number of ketones is 1. The summed E-state index contributed by atoms with van der Waals surface area (Å²) in [7, 11) is 1.55. The molecule has 2 heterocycles. The van der Waals surface area contributed by atoms with Crippen molar-refractivity contribution in [1.29, 1.82) is 0 Å². The van der Waals surface area contributed by atoms with E-state index in [2.05, 4.69) is 10.3 Å². The van der Waals surface area contributed by atoms with Crippen molar-refractivity contribution in [3.8, 4) is 0 Å². The second-order valence-corrected chi connectivity index (χ2v) is 4.82. The number of hydrogen-bond acceptors (Lipinski definition) is 4. The van der Waals surface area contributed by atoms with Crippen LogP contribution >= 0.6 is 0 Å². The number of anilines is 1. The molecule has 1 amide bonds. The first-order valence-electron chi connectivity index (χ1n) is 6.49. The number of carboxylic acid groups (broad SMARTS) is 1. The molecule has 0 atom stereocenters. The second-order valence-electron chi connectivity index (χ2n) is 4.82. The van der Waals surface area contributed by atoms with E-state index in [0.717, 1.165) is 0 Å². The minimum Gasteiger partial charge on any atom is -0.478 e. The average molecular weight is 301 g/mol. The van der Waals surface area contributed by atoms with E-state index in [4.69, 9.17) is 0 Å². The number of carboxylic acids is 1. The summed E-state index contributed by atoms with van der Waals surface area (Å²) in [6.45, 7) is 3.10. The lowest BCUT2D eigenvalue weighted by Gasteiger charge is -2.06. The quantitative estimate of drug-likeness (QED) is 0.659. The summed E-state index contributed by atoms with van der Waals surface area (Å²) < 4.78 is 1.42. The van der Waals surface area contributed by atoms with Crippen LogP contribution in [0, 0.1) is 13.8 Å². The molecule has 7 heteroatoms. The molecule has 0 unspecified atom stereocenters. The molecule has 0 fully saturated rings. The number of aromatic carboxylic acids is 1. The van der Waals surface area contributed by atoms with Crippen molar-refractivity contribution in [2.45, 2.75) is 13.8 Å². The molecular weight excluding hydrogens is 286 g/mol. The van der Waals surface area contributed by atoms with Crippen LogP contribution in [0.3, 0.4) is 0 Å². The van der Waals surface area contributed by atoms with Crippen molar-refractivity contribution in [3.05, 3.63) is 47.0 Å². The molecule has 0 aromatic carbocycles. The molecule has 2 rings (SSSR count). The summed E-state index contributed by atoms with van der Waals surface area (Å²) >= 11 is 0. The fraction of sp³-hybridized carbons (Fsp3) is 0.200. The Labute approximate surface area is 126 Å². The number of rotatable bonds is 4. The molecule has 0 bridgehead atoms. The van der Waals surface area contributed by atoms with Crippen LogP contribution < -0.4 is 5.32 Å². The lowest BCUT2D eigenvalue weighted by Crippen LogP contribution is -2.25. The van der Waals surface area contributed by atoms with Crippen molar-refractivity contribution in [1.82, 2.24) is 9.55 Å². The number of carbonyl (C=O) groups excluding carboxylic acids is 2. The van der Waals surface area contributed by atoms with Gasteiger partial charge in [0, 0.05) is 18.9 Å². The van der Waals surface area contributed by atoms with Crippen LogP contribution in [0.4, 0.5) is 5.69 Å². The maximum Gasteiger partial charge on any atom is 0.337 e. The second kappa shape index (κ2) is 5.80. The first kappa shape index (κ1) is 15.4. The van der Waals surface area contributed by atoms with Gasteiger partial charge in [0.2, 0.25) is 0 Å². The van der Waals surface area contributed by atoms with E-state index in [9.17, 15) is 19.5 Å². The molecule has 0 saturated heterocycles. The van der Waals surface area contributed by atoms with E-state index in [1.807, 2.05) is 0 Å². The molecule has 2 N–H and O–H groups in total. The van der Waals surface area contributed by atoms with Gasteiger partial charge >= 0.3 is 5.97 Å². The Kier molecular flexibility index (Phi) is 4.07. The van der Waals surface area contributed by atoms with Crippen LogP contribution in [-0.4, -0.2) is 32.3 Å². The molecule has 0 aliphatic rings. The van der Waals surface area contributed by atoms with Crippen molar-refractivity contribution in [2.24, 2.45) is 7.05 Å². The standard InChI is InChI=1S/C15H15N3O4/c1-8-11(15(21)22)9(2)18(3)12(8)13(19)14(20)17-10-5-4-6-16-7-10/h4-7H,1-3H3,(H,17,20)(H,21,22). The van der Waals surface area contributed by atoms with Crippen LogP contribution in [0.5, 0.6) is 0 Å². The maximum atomic E-state index is 12.3. The third-order valence-electron chi connectivity index (χ3n) is 3.49. The van der Waals surface area contributed by atoms with Gasteiger partial charge in [0.05, 0.1) is 23.1 Å². The highest BCUT2D eigenvalue weighted by Gasteiger charge is 2.28. The molecule has 0 saturated carbocycles. The lowest BCUT2D eigenvalue weighted by molar-refractivity contribution is -0.112. The Bertz CT molecular complexity index is 763. The van der Waals surface area contributed by atoms with Gasteiger partial charge in [-0.2, -0.15) is 0 Å². The monoisotopic (exact) mass is 301 g/mol. The molecule has 0 aliphatic heterocycles. The van der Waals surface area contributed by atoms with Crippen LogP contribution in [0.2, 0.25) is 0 Å². The Morgan fingerprint density at radius 1 is 1.27 bits per heavy atom. The van der Waals surface area contributed by atoms with Gasteiger partial charge in [0.15, 0.2) is 0 Å². The zero-order chi connectivity index (χ0) is 16.4. The Morgan fingerprint density at radius 3 is 2.45 bits per heavy atom. The van der Waals surface area contributed by atoms with Gasteiger partial charge in [0.25, 0.3) is 11.7 Å². The summed E-state index contributed by atoms with van der Waals surface area (Å²) in [5.74, 6) is -2.76. The van der Waals surface area contributed by atoms with E-state index in [1.165, 1.54) is 17.7 Å². The van der Waals surface area contributed by atoms with Gasteiger partial charge in [-0.15, -0.1) is 0 Å². The predicted octanol–water partition coefficient (Wildman–Crippen LogP) is 1.56. The van der Waals surface area contributed by atoms with Crippen molar-refractivity contribution in [2.75, 3.05) is 5.32 Å². The van der Waals surface area contributed by atoms with E-state index >= 15 is 0 Å². The highest BCUT2D eigenvalue weighted by atomic mass is 16.4. The van der Waals surface area contributed by atoms with Gasteiger partial charge in [-0.1, -0.05) is 0 Å². The highest BCUT2D eigenvalue weighted by molar-refractivity contribution is 6.46. The highest BCUT2D eigenvalue weighted by Crippen LogP contribution is 2.22. The van der Waals surface area contributed by atoms with Gasteiger partial charge in [-0.3, -0.25) is 14.6 Å². The van der Waals surface area contributed by atoms with Crippen LogP contribution in [-0.2, 0) is 11.8 Å². The third kappa shape index (κ3) is 2.60. The molecule has 0 aliphatic carbocycles. The van der Waals surface area contributed by atoms with E-state index in [-0.39, 0.29) is 16.8 Å². The van der Waals surface area contributed by atoms with Crippen molar-refractivity contribution >= 4 is 23.3 Å². The van der Waals surface area contributed by atoms with Gasteiger partial charge in [-0.05, 0) is 31.5 Å². The number of pyridine rings is 1. The number of Topliss-reactive ketones (excluding diaryl/α,β-unsaturated/α-hetero) is 1. The molecule has 22 heavy (non-hydrogen) atoms. The maximum absolute atomic E-state index is 12.3. The molecule has 2 aromatic rings. The zero-order valence-electron chi connectivity index (χ0n) is 12.4. The molecule has 0 radical (unpaired) electrons. The van der Waals surface area contributed by atoms with Gasteiger partial charge in [0.1, 0.15) is 0 Å². The minimum absolute atomic E-state index is 0.0417. The number of hydrogen-bond donors (Lipinski definition) is 2. The fourth-order valence-corrected chi connectivity index (χ4v) is 2.35. The van der Waals surface area contributed by atoms with Gasteiger partial charge < -0.3 is 15.0 Å². The lowest BCUT2D eigenvalue weighted by atomic mass is 10.1. The van der Waals surface area contributed by atoms with Crippen LogP contribution in [0.15, 0.2) is 24.5 Å². The molecule has 114 valence electrons. The number of carbonyl (C=O) groups is 3. The zero-order valence-corrected chi connectivity index (χ0v) is 12.4. The summed E-state index contributed by atoms with van der Waals surface area (Å²) in [5, 5.41) is 11.6. The Hall–Kier alpha value is -2.96. The van der Waals surface area contributed by atoms with Crippen molar-refractivity contribution < 1.29 is 19.5 Å². The Morgan fingerprint density at radius 2 is 1.95 bits per heavy atom. The minimum atomic E-state index is -1.13. The normalized spacial score (nSPS) is 10.3. The predicted molar refractivity (Wildman–Crippen MR) is 79.0 cm³/mol.